The minimum absolute atomic E-state index is 0. The Bertz CT molecular complexity index is 806. The van der Waals surface area contributed by atoms with Gasteiger partial charge in [-0.05, 0) is 19.5 Å². The van der Waals surface area contributed by atoms with Gasteiger partial charge in [0.2, 0.25) is 5.56 Å². The SMILES string of the molecule is CCN[C@H](C)CNC(=O)c1cc(=O)[nH]c2ccc([N+](=O)[O-])cc12.Cl. The van der Waals surface area contributed by atoms with Crippen molar-refractivity contribution in [3.63, 3.8) is 0 Å². The molecule has 0 saturated heterocycles. The van der Waals surface area contributed by atoms with E-state index in [9.17, 15) is 19.7 Å². The molecule has 0 fully saturated rings. The van der Waals surface area contributed by atoms with Crippen LogP contribution in [0.15, 0.2) is 29.1 Å². The van der Waals surface area contributed by atoms with E-state index >= 15 is 0 Å². The van der Waals surface area contributed by atoms with Crippen LogP contribution in [0.2, 0.25) is 0 Å². The van der Waals surface area contributed by atoms with Gasteiger partial charge in [-0.1, -0.05) is 6.92 Å². The molecule has 3 N–H and O–H groups in total. The van der Waals surface area contributed by atoms with Crippen molar-refractivity contribution < 1.29 is 9.72 Å². The Kier molecular flexibility index (Phi) is 6.87. The first-order chi connectivity index (χ1) is 10.9. The number of non-ortho nitro benzene ring substituents is 1. The number of rotatable bonds is 6. The second-order valence-corrected chi connectivity index (χ2v) is 5.20. The van der Waals surface area contributed by atoms with Crippen LogP contribution in [0.5, 0.6) is 0 Å². The van der Waals surface area contributed by atoms with E-state index in [1.165, 1.54) is 18.2 Å². The number of H-pyrrole nitrogens is 1. The number of amides is 1. The van der Waals surface area contributed by atoms with Gasteiger partial charge in [-0.25, -0.2) is 0 Å². The second kappa shape index (κ2) is 8.42. The minimum atomic E-state index is -0.542. The van der Waals surface area contributed by atoms with Crippen molar-refractivity contribution in [3.05, 3.63) is 50.3 Å². The van der Waals surface area contributed by atoms with Gasteiger partial charge in [-0.15, -0.1) is 12.4 Å². The molecule has 0 bridgehead atoms. The number of fused-ring (bicyclic) bond motifs is 1. The van der Waals surface area contributed by atoms with Gasteiger partial charge < -0.3 is 15.6 Å². The number of aromatic nitrogens is 1. The van der Waals surface area contributed by atoms with E-state index in [0.717, 1.165) is 12.6 Å². The molecule has 0 unspecified atom stereocenters. The lowest BCUT2D eigenvalue weighted by molar-refractivity contribution is -0.384. The molecule has 24 heavy (non-hydrogen) atoms. The van der Waals surface area contributed by atoms with E-state index in [2.05, 4.69) is 15.6 Å². The average Bonchev–Trinajstić information content (AvgIpc) is 2.51. The highest BCUT2D eigenvalue weighted by molar-refractivity contribution is 6.06. The smallest absolute Gasteiger partial charge is 0.270 e. The molecular formula is C15H19ClN4O4. The molecule has 1 atom stereocenters. The summed E-state index contributed by atoms with van der Waals surface area (Å²) in [5, 5.41) is 17.1. The van der Waals surface area contributed by atoms with Gasteiger partial charge in [0.05, 0.1) is 10.5 Å². The molecule has 1 aromatic carbocycles. The minimum Gasteiger partial charge on any atom is -0.350 e. The van der Waals surface area contributed by atoms with E-state index in [1.54, 1.807) is 0 Å². The number of carbonyl (C=O) groups excluding carboxylic acids is 1. The summed E-state index contributed by atoms with van der Waals surface area (Å²) >= 11 is 0. The summed E-state index contributed by atoms with van der Waals surface area (Å²) in [6.45, 7) is 5.04. The molecule has 1 heterocycles. The molecule has 0 aliphatic carbocycles. The largest absolute Gasteiger partial charge is 0.350 e. The predicted octanol–water partition coefficient (Wildman–Crippen LogP) is 1.59. The maximum absolute atomic E-state index is 12.3. The second-order valence-electron chi connectivity index (χ2n) is 5.20. The Balaban J connectivity index is 0.00000288. The van der Waals surface area contributed by atoms with Crippen LogP contribution in [-0.2, 0) is 0 Å². The van der Waals surface area contributed by atoms with Crippen LogP contribution in [0.25, 0.3) is 10.9 Å². The quantitative estimate of drug-likeness (QED) is 0.538. The van der Waals surface area contributed by atoms with Gasteiger partial charge in [0, 0.05) is 41.7 Å². The van der Waals surface area contributed by atoms with Crippen LogP contribution in [0, 0.1) is 10.1 Å². The summed E-state index contributed by atoms with van der Waals surface area (Å²) in [7, 11) is 0. The molecule has 2 rings (SSSR count). The number of pyridine rings is 1. The van der Waals surface area contributed by atoms with Gasteiger partial charge >= 0.3 is 0 Å². The summed E-state index contributed by atoms with van der Waals surface area (Å²) in [5.41, 5.74) is -0.0695. The van der Waals surface area contributed by atoms with Gasteiger partial charge in [0.1, 0.15) is 0 Å². The highest BCUT2D eigenvalue weighted by atomic mass is 35.5. The third-order valence-electron chi connectivity index (χ3n) is 3.40. The zero-order valence-electron chi connectivity index (χ0n) is 13.3. The first-order valence-corrected chi connectivity index (χ1v) is 7.25. The zero-order valence-corrected chi connectivity index (χ0v) is 14.1. The zero-order chi connectivity index (χ0) is 17.0. The molecule has 0 aliphatic rings. The maximum atomic E-state index is 12.3. The number of hydrogen-bond acceptors (Lipinski definition) is 5. The van der Waals surface area contributed by atoms with Gasteiger partial charge in [0.15, 0.2) is 0 Å². The fourth-order valence-corrected chi connectivity index (χ4v) is 2.30. The highest BCUT2D eigenvalue weighted by Crippen LogP contribution is 2.21. The van der Waals surface area contributed by atoms with Crippen LogP contribution in [0.1, 0.15) is 24.2 Å². The van der Waals surface area contributed by atoms with Crippen LogP contribution >= 0.6 is 12.4 Å². The van der Waals surface area contributed by atoms with Crippen LogP contribution < -0.4 is 16.2 Å². The highest BCUT2D eigenvalue weighted by Gasteiger charge is 2.15. The number of nitrogens with zero attached hydrogens (tertiary/aromatic N) is 1. The first-order valence-electron chi connectivity index (χ1n) is 7.25. The van der Waals surface area contributed by atoms with Gasteiger partial charge in [-0.2, -0.15) is 0 Å². The first kappa shape index (κ1) is 19.6. The molecule has 0 radical (unpaired) electrons. The fraction of sp³-hybridized carbons (Fsp3) is 0.333. The van der Waals surface area contributed by atoms with Gasteiger partial charge in [0.25, 0.3) is 11.6 Å². The number of hydrogen-bond donors (Lipinski definition) is 3. The predicted molar refractivity (Wildman–Crippen MR) is 93.9 cm³/mol. The molecule has 1 aromatic heterocycles. The van der Waals surface area contributed by atoms with Crippen molar-refractivity contribution in [2.24, 2.45) is 0 Å². The fourth-order valence-electron chi connectivity index (χ4n) is 2.30. The Morgan fingerprint density at radius 2 is 2.08 bits per heavy atom. The van der Waals surface area contributed by atoms with Crippen molar-refractivity contribution in [2.75, 3.05) is 13.1 Å². The lowest BCUT2D eigenvalue weighted by atomic mass is 10.1. The number of aromatic amines is 1. The Labute approximate surface area is 144 Å². The average molecular weight is 355 g/mol. The van der Waals surface area contributed by atoms with E-state index in [-0.39, 0.29) is 29.7 Å². The molecule has 9 heteroatoms. The summed E-state index contributed by atoms with van der Waals surface area (Å²) in [6.07, 6.45) is 0. The lowest BCUT2D eigenvalue weighted by Gasteiger charge is -2.13. The van der Waals surface area contributed by atoms with Crippen molar-refractivity contribution in [1.29, 1.82) is 0 Å². The molecule has 130 valence electrons. The topological polar surface area (TPSA) is 117 Å². The van der Waals surface area contributed by atoms with Crippen LogP contribution in [0.4, 0.5) is 5.69 Å². The number of nitro groups is 1. The Morgan fingerprint density at radius 1 is 1.38 bits per heavy atom. The molecular weight excluding hydrogens is 336 g/mol. The Hall–Kier alpha value is -2.45. The molecule has 0 aliphatic heterocycles. The van der Waals surface area contributed by atoms with Crippen LogP contribution in [0.3, 0.4) is 0 Å². The molecule has 0 saturated carbocycles. The standard InChI is InChI=1S/C15H18N4O4.ClH/c1-3-16-9(2)8-17-15(21)12-7-14(20)18-13-5-4-10(19(22)23)6-11(12)13;/h4-7,9,16H,3,8H2,1-2H3,(H,17,21)(H,18,20);1H/t9-;/m1./s1. The third kappa shape index (κ3) is 4.53. The number of benzene rings is 1. The summed E-state index contributed by atoms with van der Waals surface area (Å²) < 4.78 is 0. The summed E-state index contributed by atoms with van der Waals surface area (Å²) in [6, 6.07) is 5.22. The van der Waals surface area contributed by atoms with E-state index in [0.29, 0.717) is 17.4 Å². The number of likely N-dealkylation sites (N-methyl/N-ethyl adjacent to an activating group) is 1. The van der Waals surface area contributed by atoms with Gasteiger partial charge in [-0.3, -0.25) is 19.7 Å². The van der Waals surface area contributed by atoms with Crippen molar-refractivity contribution in [3.8, 4) is 0 Å². The number of carbonyl (C=O) groups is 1. The number of halogens is 1. The van der Waals surface area contributed by atoms with E-state index < -0.39 is 16.4 Å². The number of nitrogens with one attached hydrogen (secondary N) is 3. The molecule has 8 nitrogen and oxygen atoms in total. The lowest BCUT2D eigenvalue weighted by Crippen LogP contribution is -2.39. The van der Waals surface area contributed by atoms with Crippen molar-refractivity contribution in [2.45, 2.75) is 19.9 Å². The Morgan fingerprint density at radius 3 is 2.71 bits per heavy atom. The molecule has 1 amide bonds. The number of nitro benzene ring substituents is 1. The van der Waals surface area contributed by atoms with E-state index in [4.69, 9.17) is 0 Å². The third-order valence-corrected chi connectivity index (χ3v) is 3.40. The maximum Gasteiger partial charge on any atom is 0.270 e. The van der Waals surface area contributed by atoms with Crippen LogP contribution in [-0.4, -0.2) is 34.9 Å². The van der Waals surface area contributed by atoms with E-state index in [1.807, 2.05) is 13.8 Å². The summed E-state index contributed by atoms with van der Waals surface area (Å²) in [4.78, 5) is 37.0. The van der Waals surface area contributed by atoms with Crippen molar-refractivity contribution >= 4 is 34.9 Å². The van der Waals surface area contributed by atoms with Crippen molar-refractivity contribution in [1.82, 2.24) is 15.6 Å². The summed E-state index contributed by atoms with van der Waals surface area (Å²) in [5.74, 6) is -0.439. The molecule has 0 spiro atoms. The molecule has 2 aromatic rings. The monoisotopic (exact) mass is 354 g/mol. The normalized spacial score (nSPS) is 11.6.